The van der Waals surface area contributed by atoms with Gasteiger partial charge in [0, 0.05) is 12.2 Å². The van der Waals surface area contributed by atoms with E-state index in [1.807, 2.05) is 37.3 Å². The van der Waals surface area contributed by atoms with Crippen LogP contribution in [0, 0.1) is 6.92 Å². The van der Waals surface area contributed by atoms with Crippen molar-refractivity contribution in [3.8, 4) is 0 Å². The Kier molecular flexibility index (Phi) is 6.81. The van der Waals surface area contributed by atoms with E-state index in [1.165, 1.54) is 5.56 Å². The first-order valence-corrected chi connectivity index (χ1v) is 8.25. The molecule has 3 aromatic rings. The summed E-state index contributed by atoms with van der Waals surface area (Å²) >= 11 is 0. The second kappa shape index (κ2) is 8.84. The molecule has 0 aliphatic heterocycles. The van der Waals surface area contributed by atoms with Crippen molar-refractivity contribution in [2.24, 2.45) is 10.7 Å². The van der Waals surface area contributed by atoms with Gasteiger partial charge in [-0.1, -0.05) is 31.2 Å². The first-order valence-electron chi connectivity index (χ1n) is 8.25. The molecule has 0 amide bonds. The second-order valence-electron chi connectivity index (χ2n) is 5.74. The molecule has 0 radical (unpaired) electrons. The van der Waals surface area contributed by atoms with Crippen LogP contribution in [0.15, 0.2) is 53.5 Å². The summed E-state index contributed by atoms with van der Waals surface area (Å²) in [5.74, 6) is 1.43. The molecular weight excluding hydrogens is 425 g/mol. The minimum absolute atomic E-state index is 0. The van der Waals surface area contributed by atoms with Gasteiger partial charge in [-0.05, 0) is 43.2 Å². The highest BCUT2D eigenvalue weighted by molar-refractivity contribution is 14.0. The molecule has 0 saturated heterocycles. The molecule has 6 heteroatoms. The van der Waals surface area contributed by atoms with E-state index in [1.54, 1.807) is 0 Å². The molecule has 132 valence electrons. The fourth-order valence-electron chi connectivity index (χ4n) is 2.76. The van der Waals surface area contributed by atoms with Gasteiger partial charge < -0.3 is 15.6 Å². The van der Waals surface area contributed by atoms with Crippen molar-refractivity contribution < 1.29 is 0 Å². The Bertz CT molecular complexity index is 852. The largest absolute Gasteiger partial charge is 0.370 e. The normalized spacial score (nSPS) is 11.4. The number of nitrogens with one attached hydrogen (secondary N) is 1. The van der Waals surface area contributed by atoms with Crippen molar-refractivity contribution in [2.75, 3.05) is 11.9 Å². The van der Waals surface area contributed by atoms with Crippen LogP contribution in [0.25, 0.3) is 11.0 Å². The van der Waals surface area contributed by atoms with Crippen molar-refractivity contribution in [2.45, 2.75) is 26.8 Å². The summed E-state index contributed by atoms with van der Waals surface area (Å²) in [6, 6.07) is 16.4. The van der Waals surface area contributed by atoms with Gasteiger partial charge in [0.2, 0.25) is 0 Å². The van der Waals surface area contributed by atoms with E-state index < -0.39 is 0 Å². The minimum atomic E-state index is 0. The van der Waals surface area contributed by atoms with Crippen LogP contribution in [0.2, 0.25) is 0 Å². The number of para-hydroxylation sites is 2. The topological polar surface area (TPSA) is 68.2 Å². The SMILES string of the molecule is CCc1ccc(NC(N)=NCCn2c(C)nc3ccccc32)cc1.I. The van der Waals surface area contributed by atoms with Gasteiger partial charge in [0.05, 0.1) is 17.6 Å². The Labute approximate surface area is 165 Å². The summed E-state index contributed by atoms with van der Waals surface area (Å²) in [7, 11) is 0. The van der Waals surface area contributed by atoms with Crippen LogP contribution in [0.4, 0.5) is 5.69 Å². The molecule has 0 saturated carbocycles. The average molecular weight is 449 g/mol. The van der Waals surface area contributed by atoms with E-state index >= 15 is 0 Å². The number of rotatable bonds is 5. The summed E-state index contributed by atoms with van der Waals surface area (Å²) in [5, 5.41) is 3.13. The molecule has 25 heavy (non-hydrogen) atoms. The van der Waals surface area contributed by atoms with E-state index in [-0.39, 0.29) is 24.0 Å². The van der Waals surface area contributed by atoms with E-state index in [2.05, 4.69) is 45.0 Å². The Morgan fingerprint density at radius 2 is 1.88 bits per heavy atom. The highest BCUT2D eigenvalue weighted by Gasteiger charge is 2.05. The Hall–Kier alpha value is -2.09. The third kappa shape index (κ3) is 4.72. The Morgan fingerprint density at radius 1 is 1.16 bits per heavy atom. The van der Waals surface area contributed by atoms with Crippen LogP contribution < -0.4 is 11.1 Å². The van der Waals surface area contributed by atoms with Crippen molar-refractivity contribution >= 4 is 46.7 Å². The fourth-order valence-corrected chi connectivity index (χ4v) is 2.76. The monoisotopic (exact) mass is 449 g/mol. The first-order chi connectivity index (χ1) is 11.7. The van der Waals surface area contributed by atoms with Gasteiger partial charge in [0.25, 0.3) is 0 Å². The predicted octanol–water partition coefficient (Wildman–Crippen LogP) is 3.95. The maximum atomic E-state index is 5.98. The lowest BCUT2D eigenvalue weighted by Gasteiger charge is -2.08. The molecule has 3 N–H and O–H groups in total. The van der Waals surface area contributed by atoms with Gasteiger partial charge in [-0.2, -0.15) is 0 Å². The standard InChI is InChI=1S/C19H23N5.HI/c1-3-15-8-10-16(11-9-15)23-19(20)21-12-13-24-14(2)22-17-6-4-5-7-18(17)24;/h4-11H,3,12-13H2,1-2H3,(H3,20,21,23);1H. The first kappa shape index (κ1) is 19.2. The van der Waals surface area contributed by atoms with Gasteiger partial charge in [-0.3, -0.25) is 4.99 Å². The molecule has 5 nitrogen and oxygen atoms in total. The lowest BCUT2D eigenvalue weighted by molar-refractivity contribution is 0.704. The number of hydrogen-bond acceptors (Lipinski definition) is 2. The zero-order valence-corrected chi connectivity index (χ0v) is 16.9. The van der Waals surface area contributed by atoms with Crippen molar-refractivity contribution in [3.05, 3.63) is 59.9 Å². The lowest BCUT2D eigenvalue weighted by Crippen LogP contribution is -2.23. The molecule has 0 spiro atoms. The summed E-state index contributed by atoms with van der Waals surface area (Å²) in [4.78, 5) is 8.98. The molecule has 0 aliphatic rings. The molecule has 0 unspecified atom stereocenters. The minimum Gasteiger partial charge on any atom is -0.370 e. The molecule has 1 aromatic heterocycles. The number of halogens is 1. The number of anilines is 1. The summed E-state index contributed by atoms with van der Waals surface area (Å²) in [6.45, 7) is 5.51. The highest BCUT2D eigenvalue weighted by atomic mass is 127. The van der Waals surface area contributed by atoms with E-state index in [0.29, 0.717) is 12.5 Å². The van der Waals surface area contributed by atoms with Crippen molar-refractivity contribution in [1.29, 1.82) is 0 Å². The third-order valence-corrected chi connectivity index (χ3v) is 4.09. The smallest absolute Gasteiger partial charge is 0.193 e. The molecule has 0 bridgehead atoms. The zero-order chi connectivity index (χ0) is 16.9. The Balaban J connectivity index is 0.00000225. The van der Waals surface area contributed by atoms with Gasteiger partial charge in [0.15, 0.2) is 5.96 Å². The quantitative estimate of drug-likeness (QED) is 0.352. The fraction of sp³-hybridized carbons (Fsp3) is 0.263. The van der Waals surface area contributed by atoms with Crippen molar-refractivity contribution in [1.82, 2.24) is 9.55 Å². The molecule has 0 fully saturated rings. The van der Waals surface area contributed by atoms with Gasteiger partial charge in [-0.25, -0.2) is 4.98 Å². The highest BCUT2D eigenvalue weighted by Crippen LogP contribution is 2.15. The van der Waals surface area contributed by atoms with E-state index in [4.69, 9.17) is 5.73 Å². The summed E-state index contributed by atoms with van der Waals surface area (Å²) < 4.78 is 2.17. The molecule has 0 atom stereocenters. The average Bonchev–Trinajstić information content (AvgIpc) is 2.91. The number of hydrogen-bond donors (Lipinski definition) is 2. The number of nitrogens with zero attached hydrogens (tertiary/aromatic N) is 3. The van der Waals surface area contributed by atoms with Crippen LogP contribution in [0.1, 0.15) is 18.3 Å². The van der Waals surface area contributed by atoms with Crippen LogP contribution in [0.3, 0.4) is 0 Å². The lowest BCUT2D eigenvalue weighted by atomic mass is 10.1. The van der Waals surface area contributed by atoms with Gasteiger partial charge >= 0.3 is 0 Å². The maximum absolute atomic E-state index is 5.98. The van der Waals surface area contributed by atoms with Crippen LogP contribution in [-0.4, -0.2) is 22.1 Å². The number of fused-ring (bicyclic) bond motifs is 1. The summed E-state index contributed by atoms with van der Waals surface area (Å²) in [5.41, 5.74) is 10.4. The van der Waals surface area contributed by atoms with Crippen molar-refractivity contribution in [3.63, 3.8) is 0 Å². The molecular formula is C19H24IN5. The number of imidazole rings is 1. The zero-order valence-electron chi connectivity index (χ0n) is 14.6. The number of guanidine groups is 1. The van der Waals surface area contributed by atoms with Gasteiger partial charge in [-0.15, -0.1) is 24.0 Å². The third-order valence-electron chi connectivity index (χ3n) is 4.09. The molecule has 0 aliphatic carbocycles. The second-order valence-corrected chi connectivity index (χ2v) is 5.74. The van der Waals surface area contributed by atoms with E-state index in [9.17, 15) is 0 Å². The van der Waals surface area contributed by atoms with Gasteiger partial charge in [0.1, 0.15) is 5.82 Å². The van der Waals surface area contributed by atoms with Crippen LogP contribution in [-0.2, 0) is 13.0 Å². The summed E-state index contributed by atoms with van der Waals surface area (Å²) in [6.07, 6.45) is 1.03. The number of aromatic nitrogens is 2. The number of benzene rings is 2. The van der Waals surface area contributed by atoms with E-state index in [0.717, 1.165) is 35.5 Å². The maximum Gasteiger partial charge on any atom is 0.193 e. The molecule has 2 aromatic carbocycles. The Morgan fingerprint density at radius 3 is 2.60 bits per heavy atom. The van der Waals surface area contributed by atoms with Crippen LogP contribution >= 0.6 is 24.0 Å². The predicted molar refractivity (Wildman–Crippen MR) is 116 cm³/mol. The number of aliphatic imine (C=N–C) groups is 1. The number of nitrogens with two attached hydrogens (primary N) is 1. The molecule has 1 heterocycles. The van der Waals surface area contributed by atoms with Crippen LogP contribution in [0.5, 0.6) is 0 Å². The molecule has 3 rings (SSSR count). The number of aryl methyl sites for hydroxylation is 2.